The van der Waals surface area contributed by atoms with Crippen molar-refractivity contribution in [1.29, 1.82) is 0 Å². The molecule has 2 saturated heterocycles. The molecule has 2 atom stereocenters. The van der Waals surface area contributed by atoms with Gasteiger partial charge in [0.2, 0.25) is 0 Å². The predicted molar refractivity (Wildman–Crippen MR) is 70.8 cm³/mol. The van der Waals surface area contributed by atoms with Gasteiger partial charge >= 0.3 is 0 Å². The summed E-state index contributed by atoms with van der Waals surface area (Å²) in [6.07, 6.45) is 2.56. The monoisotopic (exact) mass is 234 g/mol. The molecule has 0 spiro atoms. The number of hydrogen-bond donors (Lipinski definition) is 1. The third-order valence-electron chi connectivity index (χ3n) is 3.65. The first-order valence-corrected chi connectivity index (χ1v) is 7.06. The number of benzene rings is 1. The van der Waals surface area contributed by atoms with Crippen LogP contribution in [0.5, 0.6) is 0 Å². The zero-order valence-electron chi connectivity index (χ0n) is 9.43. The van der Waals surface area contributed by atoms with Crippen molar-refractivity contribution in [3.8, 4) is 0 Å². The van der Waals surface area contributed by atoms with E-state index in [9.17, 15) is 0 Å². The molecule has 0 aliphatic carbocycles. The highest BCUT2D eigenvalue weighted by atomic mass is 32.2. The second-order valence-electron chi connectivity index (χ2n) is 4.83. The number of nitrogen functional groups attached to an aromatic ring is 1. The Balaban J connectivity index is 1.57. The van der Waals surface area contributed by atoms with Gasteiger partial charge in [0.25, 0.3) is 0 Å². The molecule has 0 amide bonds. The topological polar surface area (TPSA) is 29.3 Å². The zero-order valence-corrected chi connectivity index (χ0v) is 10.2. The van der Waals surface area contributed by atoms with Crippen LogP contribution in [0.1, 0.15) is 12.0 Å². The van der Waals surface area contributed by atoms with Gasteiger partial charge in [0.1, 0.15) is 0 Å². The minimum atomic E-state index is 0.857. The van der Waals surface area contributed by atoms with Gasteiger partial charge in [0.15, 0.2) is 0 Å². The third kappa shape index (κ3) is 2.06. The summed E-state index contributed by atoms with van der Waals surface area (Å²) < 4.78 is 0. The number of thioether (sulfide) groups is 1. The van der Waals surface area contributed by atoms with Crippen LogP contribution in [0.3, 0.4) is 0 Å². The SMILES string of the molecule is Nc1cccc(CCN2CC3CC2CS3)c1. The molecule has 2 heterocycles. The number of nitrogens with zero attached hydrogens (tertiary/aromatic N) is 1. The quantitative estimate of drug-likeness (QED) is 0.811. The Morgan fingerprint density at radius 2 is 2.38 bits per heavy atom. The Kier molecular flexibility index (Phi) is 2.82. The Bertz CT molecular complexity index is 380. The molecule has 2 N–H and O–H groups in total. The summed E-state index contributed by atoms with van der Waals surface area (Å²) >= 11 is 2.16. The normalized spacial score (nSPS) is 28.8. The van der Waals surface area contributed by atoms with Crippen molar-refractivity contribution in [2.24, 2.45) is 0 Å². The smallest absolute Gasteiger partial charge is 0.0316 e. The van der Waals surface area contributed by atoms with E-state index in [1.807, 2.05) is 6.07 Å². The van der Waals surface area contributed by atoms with Gasteiger partial charge in [-0.2, -0.15) is 11.8 Å². The van der Waals surface area contributed by atoms with E-state index in [2.05, 4.69) is 34.9 Å². The molecule has 2 aliphatic heterocycles. The van der Waals surface area contributed by atoms with E-state index in [4.69, 9.17) is 5.73 Å². The van der Waals surface area contributed by atoms with Crippen molar-refractivity contribution in [2.75, 3.05) is 24.6 Å². The van der Waals surface area contributed by atoms with Gasteiger partial charge in [-0.25, -0.2) is 0 Å². The van der Waals surface area contributed by atoms with Crippen LogP contribution in [0.15, 0.2) is 24.3 Å². The van der Waals surface area contributed by atoms with Crippen molar-refractivity contribution >= 4 is 17.4 Å². The Hall–Kier alpha value is -0.670. The average Bonchev–Trinajstić information content (AvgIpc) is 2.88. The standard InChI is InChI=1S/C13H18N2S/c14-11-3-1-2-10(6-11)4-5-15-8-13-7-12(15)9-16-13/h1-3,6,12-13H,4-5,7-9,14H2. The second-order valence-corrected chi connectivity index (χ2v) is 6.17. The molecular formula is C13H18N2S. The number of likely N-dealkylation sites (tertiary alicyclic amines) is 1. The molecule has 2 bridgehead atoms. The highest BCUT2D eigenvalue weighted by molar-refractivity contribution is 8.00. The summed E-state index contributed by atoms with van der Waals surface area (Å²) in [7, 11) is 0. The van der Waals surface area contributed by atoms with Gasteiger partial charge < -0.3 is 5.73 Å². The lowest BCUT2D eigenvalue weighted by Crippen LogP contribution is -2.35. The van der Waals surface area contributed by atoms with Crippen LogP contribution in [0, 0.1) is 0 Å². The number of rotatable bonds is 3. The highest BCUT2D eigenvalue weighted by Gasteiger charge is 2.37. The molecular weight excluding hydrogens is 216 g/mol. The van der Waals surface area contributed by atoms with Crippen molar-refractivity contribution in [1.82, 2.24) is 4.90 Å². The number of hydrogen-bond acceptors (Lipinski definition) is 3. The van der Waals surface area contributed by atoms with E-state index < -0.39 is 0 Å². The first-order valence-electron chi connectivity index (χ1n) is 6.01. The van der Waals surface area contributed by atoms with E-state index in [-0.39, 0.29) is 0 Å². The minimum Gasteiger partial charge on any atom is -0.399 e. The maximum Gasteiger partial charge on any atom is 0.0316 e. The molecule has 2 unspecified atom stereocenters. The minimum absolute atomic E-state index is 0.857. The van der Waals surface area contributed by atoms with Crippen LogP contribution >= 0.6 is 11.8 Å². The summed E-state index contributed by atoms with van der Waals surface area (Å²) in [6.45, 7) is 2.50. The first kappa shape index (κ1) is 10.5. The van der Waals surface area contributed by atoms with Gasteiger partial charge in [0, 0.05) is 35.8 Å². The van der Waals surface area contributed by atoms with Crippen LogP contribution in [0.4, 0.5) is 5.69 Å². The van der Waals surface area contributed by atoms with Crippen molar-refractivity contribution in [3.05, 3.63) is 29.8 Å². The van der Waals surface area contributed by atoms with E-state index in [1.165, 1.54) is 30.8 Å². The lowest BCUT2D eigenvalue weighted by Gasteiger charge is -2.26. The van der Waals surface area contributed by atoms with Crippen molar-refractivity contribution in [2.45, 2.75) is 24.1 Å². The van der Waals surface area contributed by atoms with Gasteiger partial charge in [-0.1, -0.05) is 12.1 Å². The van der Waals surface area contributed by atoms with Crippen LogP contribution in [0.25, 0.3) is 0 Å². The summed E-state index contributed by atoms with van der Waals surface area (Å²) in [4.78, 5) is 2.66. The molecule has 0 aromatic heterocycles. The van der Waals surface area contributed by atoms with Gasteiger partial charge in [-0.05, 0) is 30.5 Å². The molecule has 16 heavy (non-hydrogen) atoms. The Morgan fingerprint density at radius 3 is 3.06 bits per heavy atom. The van der Waals surface area contributed by atoms with E-state index in [0.717, 1.165) is 23.4 Å². The summed E-state index contributed by atoms with van der Waals surface area (Å²) in [5, 5.41) is 0.922. The molecule has 0 saturated carbocycles. The fourth-order valence-electron chi connectivity index (χ4n) is 2.77. The number of anilines is 1. The summed E-state index contributed by atoms with van der Waals surface area (Å²) in [5.74, 6) is 1.35. The fourth-order valence-corrected chi connectivity index (χ4v) is 4.27. The van der Waals surface area contributed by atoms with E-state index in [0.29, 0.717) is 0 Å². The summed E-state index contributed by atoms with van der Waals surface area (Å²) in [6, 6.07) is 9.15. The Morgan fingerprint density at radius 1 is 1.44 bits per heavy atom. The number of nitrogens with two attached hydrogens (primary N) is 1. The Labute approximate surface area is 101 Å². The first-order chi connectivity index (χ1) is 7.81. The van der Waals surface area contributed by atoms with Crippen LogP contribution in [-0.4, -0.2) is 35.0 Å². The van der Waals surface area contributed by atoms with Crippen LogP contribution in [-0.2, 0) is 6.42 Å². The van der Waals surface area contributed by atoms with Crippen LogP contribution in [0.2, 0.25) is 0 Å². The molecule has 3 rings (SSSR count). The second kappa shape index (κ2) is 4.30. The van der Waals surface area contributed by atoms with Crippen molar-refractivity contribution in [3.63, 3.8) is 0 Å². The largest absolute Gasteiger partial charge is 0.399 e. The molecule has 1 aromatic carbocycles. The van der Waals surface area contributed by atoms with Crippen LogP contribution < -0.4 is 5.73 Å². The third-order valence-corrected chi connectivity index (χ3v) is 5.04. The summed E-state index contributed by atoms with van der Waals surface area (Å²) in [5.41, 5.74) is 8.04. The van der Waals surface area contributed by atoms with Gasteiger partial charge in [-0.15, -0.1) is 0 Å². The van der Waals surface area contributed by atoms with E-state index in [1.54, 1.807) is 0 Å². The number of fused-ring (bicyclic) bond motifs is 2. The molecule has 1 aromatic rings. The molecule has 3 heteroatoms. The maximum atomic E-state index is 5.79. The molecule has 2 fully saturated rings. The lowest BCUT2D eigenvalue weighted by atomic mass is 10.1. The highest BCUT2D eigenvalue weighted by Crippen LogP contribution is 2.37. The molecule has 86 valence electrons. The predicted octanol–water partition coefficient (Wildman–Crippen LogP) is 2.00. The maximum absolute atomic E-state index is 5.79. The van der Waals surface area contributed by atoms with Gasteiger partial charge in [-0.3, -0.25) is 4.90 Å². The zero-order chi connectivity index (χ0) is 11.0. The molecule has 2 aliphatic rings. The fraction of sp³-hybridized carbons (Fsp3) is 0.538. The van der Waals surface area contributed by atoms with E-state index >= 15 is 0 Å². The molecule has 2 nitrogen and oxygen atoms in total. The molecule has 0 radical (unpaired) electrons. The average molecular weight is 234 g/mol. The van der Waals surface area contributed by atoms with Crippen molar-refractivity contribution < 1.29 is 0 Å². The lowest BCUT2D eigenvalue weighted by molar-refractivity contribution is 0.273. The van der Waals surface area contributed by atoms with Gasteiger partial charge in [0.05, 0.1) is 0 Å².